The van der Waals surface area contributed by atoms with E-state index in [9.17, 15) is 40.4 Å². The lowest BCUT2D eigenvalue weighted by Crippen LogP contribution is -2.53. The number of aryl methyl sites for hydroxylation is 1. The minimum absolute atomic E-state index is 0.0189. The van der Waals surface area contributed by atoms with Crippen molar-refractivity contribution in [1.29, 1.82) is 0 Å². The summed E-state index contributed by atoms with van der Waals surface area (Å²) >= 11 is 0. The summed E-state index contributed by atoms with van der Waals surface area (Å²) in [4.78, 5) is 38.8. The van der Waals surface area contributed by atoms with Gasteiger partial charge in [-0.05, 0) is 49.4 Å². The van der Waals surface area contributed by atoms with Crippen molar-refractivity contribution in [3.05, 3.63) is 59.8 Å². The van der Waals surface area contributed by atoms with E-state index in [0.717, 1.165) is 5.52 Å². The monoisotopic (exact) mass is 640 g/mol. The molecule has 44 heavy (non-hydrogen) atoms. The van der Waals surface area contributed by atoms with E-state index in [-0.39, 0.29) is 29.7 Å². The number of nitrogens with zero attached hydrogens (tertiary/aromatic N) is 1. The summed E-state index contributed by atoms with van der Waals surface area (Å²) in [5.74, 6) is -11.8. The number of hydrogen-bond donors (Lipinski definition) is 3. The number of amides is 2. The van der Waals surface area contributed by atoms with Gasteiger partial charge in [0, 0.05) is 42.7 Å². The molecule has 1 aromatic heterocycles. The van der Waals surface area contributed by atoms with E-state index < -0.39 is 81.2 Å². The average Bonchev–Trinajstić information content (AvgIpc) is 3.54. The normalized spacial score (nSPS) is 16.6. The van der Waals surface area contributed by atoms with Crippen LogP contribution in [-0.4, -0.2) is 55.8 Å². The van der Waals surface area contributed by atoms with Gasteiger partial charge in [0.2, 0.25) is 33.5 Å². The molecule has 0 aliphatic carbocycles. The summed E-state index contributed by atoms with van der Waals surface area (Å²) < 4.78 is 91.1. The summed E-state index contributed by atoms with van der Waals surface area (Å²) in [7, 11) is -2.43. The Kier molecular flexibility index (Phi) is 9.98. The van der Waals surface area contributed by atoms with Crippen molar-refractivity contribution in [3.63, 3.8) is 0 Å². The molecule has 0 saturated carbocycles. The third-order valence-electron chi connectivity index (χ3n) is 7.31. The molecule has 238 valence electrons. The van der Waals surface area contributed by atoms with Crippen LogP contribution < -0.4 is 20.1 Å². The van der Waals surface area contributed by atoms with E-state index in [4.69, 9.17) is 4.74 Å². The molecule has 4 rings (SSSR count). The summed E-state index contributed by atoms with van der Waals surface area (Å²) in [5.41, 5.74) is 0.792. The molecule has 1 aliphatic heterocycles. The molecule has 0 radical (unpaired) electrons. The second-order valence-electron chi connectivity index (χ2n) is 11.1. The van der Waals surface area contributed by atoms with E-state index in [1.165, 1.54) is 12.1 Å². The number of nitrogens with one attached hydrogen (secondary N) is 3. The molecular weight excluding hydrogens is 608 g/mol. The van der Waals surface area contributed by atoms with E-state index in [0.29, 0.717) is 18.4 Å². The van der Waals surface area contributed by atoms with Crippen LogP contribution in [0, 0.1) is 35.1 Å². The molecule has 0 spiro atoms. The molecular formula is C29H32F4N4O6S. The molecule has 3 aromatic rings. The lowest BCUT2D eigenvalue weighted by Gasteiger charge is -2.25. The predicted molar refractivity (Wildman–Crippen MR) is 151 cm³/mol. The molecule has 2 amide bonds. The summed E-state index contributed by atoms with van der Waals surface area (Å²) in [6, 6.07) is 3.37. The highest BCUT2D eigenvalue weighted by Gasteiger charge is 2.35. The van der Waals surface area contributed by atoms with Crippen molar-refractivity contribution < 1.29 is 45.1 Å². The van der Waals surface area contributed by atoms with Gasteiger partial charge in [0.1, 0.15) is 12.6 Å². The Hall–Kier alpha value is -3.98. The molecule has 10 nitrogen and oxygen atoms in total. The van der Waals surface area contributed by atoms with Gasteiger partial charge in [-0.25, -0.2) is 17.2 Å². The number of halogens is 4. The first-order chi connectivity index (χ1) is 20.7. The molecule has 3 atom stereocenters. The number of sulfonamides is 1. The minimum Gasteiger partial charge on any atom is -0.479 e. The SMILES string of the molecule is CC(C)C[C@H](NS(=O)(=O)c1ccc2c(ccn2C)c1)C(=O)N[C@@H](C[C@@H]1CCNC1=O)C(=O)COc1c(F)c(F)cc(F)c1F. The maximum Gasteiger partial charge on any atom is 0.241 e. The van der Waals surface area contributed by atoms with Crippen LogP contribution in [0.1, 0.15) is 33.1 Å². The Morgan fingerprint density at radius 1 is 1.07 bits per heavy atom. The lowest BCUT2D eigenvalue weighted by molar-refractivity contribution is -0.131. The molecule has 15 heteroatoms. The topological polar surface area (TPSA) is 136 Å². The number of aromatic nitrogens is 1. The third kappa shape index (κ3) is 7.38. The number of carbonyl (C=O) groups excluding carboxylic acids is 3. The van der Waals surface area contributed by atoms with Crippen LogP contribution in [0.3, 0.4) is 0 Å². The fraction of sp³-hybridized carbons (Fsp3) is 0.414. The first kappa shape index (κ1) is 32.9. The van der Waals surface area contributed by atoms with Gasteiger partial charge in [0.15, 0.2) is 23.2 Å². The van der Waals surface area contributed by atoms with Crippen molar-refractivity contribution >= 4 is 38.5 Å². The number of Topliss-reactive ketones (excluding diaryl/α,β-unsaturated/α-hetero) is 1. The number of benzene rings is 2. The van der Waals surface area contributed by atoms with E-state index in [1.807, 2.05) is 4.57 Å². The van der Waals surface area contributed by atoms with Gasteiger partial charge in [-0.15, -0.1) is 0 Å². The van der Waals surface area contributed by atoms with Gasteiger partial charge in [0.05, 0.1) is 10.9 Å². The Balaban J connectivity index is 1.56. The highest BCUT2D eigenvalue weighted by atomic mass is 32.2. The number of hydrogen-bond acceptors (Lipinski definition) is 6. The molecule has 1 aliphatic rings. The van der Waals surface area contributed by atoms with Crippen LogP contribution in [0.15, 0.2) is 41.4 Å². The summed E-state index contributed by atoms with van der Waals surface area (Å²) in [5, 5.41) is 5.70. The van der Waals surface area contributed by atoms with Crippen molar-refractivity contribution in [1.82, 2.24) is 19.9 Å². The molecule has 2 aromatic carbocycles. The molecule has 0 bridgehead atoms. The molecule has 1 saturated heterocycles. The van der Waals surface area contributed by atoms with Crippen molar-refractivity contribution in [2.45, 2.75) is 50.1 Å². The summed E-state index contributed by atoms with van der Waals surface area (Å²) in [6.07, 6.45) is 1.87. The van der Waals surface area contributed by atoms with Gasteiger partial charge >= 0.3 is 0 Å². The fourth-order valence-electron chi connectivity index (χ4n) is 4.98. The van der Waals surface area contributed by atoms with E-state index in [1.54, 1.807) is 39.2 Å². The van der Waals surface area contributed by atoms with Crippen LogP contribution in [-0.2, 0) is 31.5 Å². The molecule has 3 N–H and O–H groups in total. The number of fused-ring (bicyclic) bond motifs is 1. The zero-order valence-corrected chi connectivity index (χ0v) is 24.9. The summed E-state index contributed by atoms with van der Waals surface area (Å²) in [6.45, 7) is 2.71. The van der Waals surface area contributed by atoms with Crippen LogP contribution in [0.2, 0.25) is 0 Å². The second kappa shape index (κ2) is 13.3. The zero-order chi connectivity index (χ0) is 32.3. The molecule has 0 unspecified atom stereocenters. The standard InChI is InChI=1S/C29H32F4N4O6S/c1-15(2)10-22(36-44(41,42)18-4-5-23-16(11-18)7-9-37(23)3)29(40)35-21(12-17-6-8-34-28(17)39)24(38)14-43-27-25(32)19(30)13-20(31)26(27)33/h4-5,7,9,11,13,15,17,21-22,36H,6,8,10,12,14H2,1-3H3,(H,34,39)(H,35,40)/t17-,21-,22-/m0/s1. The second-order valence-corrected chi connectivity index (χ2v) is 12.8. The largest absolute Gasteiger partial charge is 0.479 e. The minimum atomic E-state index is -4.23. The Morgan fingerprint density at radius 3 is 2.36 bits per heavy atom. The van der Waals surface area contributed by atoms with Crippen LogP contribution >= 0.6 is 0 Å². The average molecular weight is 641 g/mol. The zero-order valence-electron chi connectivity index (χ0n) is 24.1. The van der Waals surface area contributed by atoms with Gasteiger partial charge < -0.3 is 19.9 Å². The predicted octanol–water partition coefficient (Wildman–Crippen LogP) is 3.09. The maximum atomic E-state index is 14.1. The van der Waals surface area contributed by atoms with Crippen LogP contribution in [0.25, 0.3) is 10.9 Å². The van der Waals surface area contributed by atoms with Crippen molar-refractivity contribution in [3.8, 4) is 5.75 Å². The van der Waals surface area contributed by atoms with Gasteiger partial charge in [-0.1, -0.05) is 13.8 Å². The highest BCUT2D eigenvalue weighted by Crippen LogP contribution is 2.27. The third-order valence-corrected chi connectivity index (χ3v) is 8.78. The smallest absolute Gasteiger partial charge is 0.241 e. The van der Waals surface area contributed by atoms with E-state index in [2.05, 4.69) is 15.4 Å². The molecule has 1 fully saturated rings. The fourth-order valence-corrected chi connectivity index (χ4v) is 6.22. The van der Waals surface area contributed by atoms with Gasteiger partial charge in [0.25, 0.3) is 0 Å². The van der Waals surface area contributed by atoms with Gasteiger partial charge in [-0.3, -0.25) is 14.4 Å². The van der Waals surface area contributed by atoms with Crippen LogP contribution in [0.5, 0.6) is 5.75 Å². The van der Waals surface area contributed by atoms with E-state index >= 15 is 0 Å². The first-order valence-corrected chi connectivity index (χ1v) is 15.3. The highest BCUT2D eigenvalue weighted by molar-refractivity contribution is 7.89. The van der Waals surface area contributed by atoms with Gasteiger partial charge in [-0.2, -0.15) is 13.5 Å². The van der Waals surface area contributed by atoms with Crippen molar-refractivity contribution in [2.24, 2.45) is 18.9 Å². The first-order valence-electron chi connectivity index (χ1n) is 13.8. The quantitative estimate of drug-likeness (QED) is 0.194. The Morgan fingerprint density at radius 2 is 1.75 bits per heavy atom. The number of carbonyl (C=O) groups is 3. The number of ether oxygens (including phenoxy) is 1. The maximum absolute atomic E-state index is 14.1. The Labute approximate surface area is 251 Å². The Bertz CT molecular complexity index is 1670. The molecule has 2 heterocycles. The van der Waals surface area contributed by atoms with Crippen LogP contribution in [0.4, 0.5) is 17.6 Å². The number of rotatable bonds is 13. The van der Waals surface area contributed by atoms with Crippen molar-refractivity contribution in [2.75, 3.05) is 13.2 Å². The lowest BCUT2D eigenvalue weighted by atomic mass is 9.95. The number of ketones is 1.